The van der Waals surface area contributed by atoms with Crippen LogP contribution in [0.15, 0.2) is 0 Å². The van der Waals surface area contributed by atoms with Crippen molar-refractivity contribution < 1.29 is 18.1 Å². The molecule has 0 aromatic heterocycles. The molecule has 2 N–H and O–H groups in total. The van der Waals surface area contributed by atoms with Gasteiger partial charge in [-0.15, -0.1) is 0 Å². The summed E-state index contributed by atoms with van der Waals surface area (Å²) in [7, 11) is -3.88. The van der Waals surface area contributed by atoms with Crippen molar-refractivity contribution in [2.24, 2.45) is 0 Å². The van der Waals surface area contributed by atoms with Gasteiger partial charge in [-0.05, 0) is 25.7 Å². The minimum atomic E-state index is -3.88. The molecule has 0 saturated carbocycles. The van der Waals surface area contributed by atoms with Gasteiger partial charge in [0.25, 0.3) is 10.1 Å². The number of hydrogen-bond acceptors (Lipinski definition) is 3. The third-order valence-electron chi connectivity index (χ3n) is 5.33. The lowest BCUT2D eigenvalue weighted by Gasteiger charge is -2.12. The van der Waals surface area contributed by atoms with Gasteiger partial charge in [-0.3, -0.25) is 4.55 Å². The molecule has 0 saturated heterocycles. The van der Waals surface area contributed by atoms with E-state index in [9.17, 15) is 13.5 Å². The number of rotatable bonds is 19. The highest BCUT2D eigenvalue weighted by Crippen LogP contribution is 2.17. The third kappa shape index (κ3) is 16.1. The van der Waals surface area contributed by atoms with Crippen LogP contribution in [0.1, 0.15) is 123 Å². The van der Waals surface area contributed by atoms with Crippen molar-refractivity contribution in [2.75, 3.05) is 0 Å². The molecule has 2 unspecified atom stereocenters. The lowest BCUT2D eigenvalue weighted by molar-refractivity contribution is 0.147. The first-order valence-electron chi connectivity index (χ1n) is 11.1. The molecule has 0 rings (SSSR count). The summed E-state index contributed by atoms with van der Waals surface area (Å²) in [5.74, 6) is 0. The van der Waals surface area contributed by atoms with E-state index in [0.29, 0.717) is 12.8 Å². The van der Waals surface area contributed by atoms with Crippen LogP contribution in [-0.2, 0) is 10.1 Å². The Morgan fingerprint density at radius 3 is 1.42 bits per heavy atom. The molecule has 5 heteroatoms. The smallest absolute Gasteiger partial charge is 0.267 e. The van der Waals surface area contributed by atoms with Crippen molar-refractivity contribution in [2.45, 2.75) is 134 Å². The predicted molar refractivity (Wildman–Crippen MR) is 111 cm³/mol. The van der Waals surface area contributed by atoms with E-state index >= 15 is 0 Å². The van der Waals surface area contributed by atoms with Crippen molar-refractivity contribution >= 4 is 10.1 Å². The Morgan fingerprint density at radius 2 is 1.04 bits per heavy atom. The molecule has 2 atom stereocenters. The zero-order chi connectivity index (χ0) is 19.7. The summed E-state index contributed by atoms with van der Waals surface area (Å²) < 4.78 is 31.3. The van der Waals surface area contributed by atoms with Crippen LogP contribution in [0.25, 0.3) is 0 Å². The molecular formula is C21H44O4S. The first kappa shape index (κ1) is 25.9. The fourth-order valence-electron chi connectivity index (χ4n) is 3.50. The number of unbranched alkanes of at least 4 members (excludes halogenated alkanes) is 11. The summed E-state index contributed by atoms with van der Waals surface area (Å²) in [6.07, 6.45) is 18.2. The van der Waals surface area contributed by atoms with Gasteiger partial charge in [-0.2, -0.15) is 8.42 Å². The average molecular weight is 393 g/mol. The average Bonchev–Trinajstić information content (AvgIpc) is 2.58. The monoisotopic (exact) mass is 392 g/mol. The van der Waals surface area contributed by atoms with Crippen LogP contribution in [0.2, 0.25) is 0 Å². The molecule has 0 bridgehead atoms. The molecule has 158 valence electrons. The van der Waals surface area contributed by atoms with Gasteiger partial charge in [0.05, 0.1) is 11.4 Å². The van der Waals surface area contributed by atoms with E-state index < -0.39 is 15.4 Å². The summed E-state index contributed by atoms with van der Waals surface area (Å²) in [6.45, 7) is 4.04. The molecule has 0 aliphatic heterocycles. The molecule has 0 aromatic carbocycles. The maximum Gasteiger partial charge on any atom is 0.267 e. The number of aliphatic hydroxyl groups is 1. The SMILES string of the molecule is CCCCCCCCCCC(O)CCCCCCCC(CC)S(=O)(=O)O. The van der Waals surface area contributed by atoms with Crippen molar-refractivity contribution in [1.29, 1.82) is 0 Å². The lowest BCUT2D eigenvalue weighted by atomic mass is 10.0. The Morgan fingerprint density at radius 1 is 0.654 bits per heavy atom. The van der Waals surface area contributed by atoms with Crippen molar-refractivity contribution in [1.82, 2.24) is 0 Å². The van der Waals surface area contributed by atoms with Crippen LogP contribution in [0.3, 0.4) is 0 Å². The second-order valence-electron chi connectivity index (χ2n) is 7.81. The molecule has 0 aliphatic rings. The van der Waals surface area contributed by atoms with Crippen LogP contribution in [0.5, 0.6) is 0 Å². The highest BCUT2D eigenvalue weighted by molar-refractivity contribution is 7.86. The summed E-state index contributed by atoms with van der Waals surface area (Å²) in [5.41, 5.74) is 0. The van der Waals surface area contributed by atoms with Crippen LogP contribution in [-0.4, -0.2) is 29.4 Å². The van der Waals surface area contributed by atoms with Crippen molar-refractivity contribution in [3.63, 3.8) is 0 Å². The van der Waals surface area contributed by atoms with E-state index in [-0.39, 0.29) is 6.10 Å². The Kier molecular flexibility index (Phi) is 16.9. The standard InChI is InChI=1S/C21H44O4S/c1-3-5-6-7-8-9-11-14-17-20(22)18-15-12-10-13-16-19-21(4-2)26(23,24)25/h20-22H,3-19H2,1-2H3,(H,23,24,25). The summed E-state index contributed by atoms with van der Waals surface area (Å²) in [4.78, 5) is 0. The Bertz CT molecular complexity index is 395. The third-order valence-corrected chi connectivity index (χ3v) is 6.74. The summed E-state index contributed by atoms with van der Waals surface area (Å²) >= 11 is 0. The fourth-order valence-corrected chi connectivity index (χ4v) is 4.39. The van der Waals surface area contributed by atoms with Crippen LogP contribution >= 0.6 is 0 Å². The molecule has 0 aromatic rings. The van der Waals surface area contributed by atoms with Crippen LogP contribution < -0.4 is 0 Å². The summed E-state index contributed by atoms with van der Waals surface area (Å²) in [6, 6.07) is 0. The Balaban J connectivity index is 3.40. The highest BCUT2D eigenvalue weighted by Gasteiger charge is 2.19. The van der Waals surface area contributed by atoms with Gasteiger partial charge in [-0.1, -0.05) is 97.3 Å². The van der Waals surface area contributed by atoms with Crippen LogP contribution in [0, 0.1) is 0 Å². The first-order chi connectivity index (χ1) is 12.4. The number of aliphatic hydroxyl groups excluding tert-OH is 1. The highest BCUT2D eigenvalue weighted by atomic mass is 32.2. The zero-order valence-electron chi connectivity index (χ0n) is 17.3. The molecule has 0 fully saturated rings. The quantitative estimate of drug-likeness (QED) is 0.200. The van der Waals surface area contributed by atoms with Gasteiger partial charge < -0.3 is 5.11 Å². The molecule has 0 aliphatic carbocycles. The van der Waals surface area contributed by atoms with E-state index in [1.54, 1.807) is 6.92 Å². The van der Waals surface area contributed by atoms with E-state index in [2.05, 4.69) is 6.92 Å². The molecule has 0 radical (unpaired) electrons. The van der Waals surface area contributed by atoms with E-state index in [0.717, 1.165) is 51.4 Å². The molecule has 0 heterocycles. The topological polar surface area (TPSA) is 74.6 Å². The largest absolute Gasteiger partial charge is 0.393 e. The summed E-state index contributed by atoms with van der Waals surface area (Å²) in [5, 5.41) is 9.42. The minimum Gasteiger partial charge on any atom is -0.393 e. The van der Waals surface area contributed by atoms with Gasteiger partial charge in [0, 0.05) is 0 Å². The van der Waals surface area contributed by atoms with Crippen LogP contribution in [0.4, 0.5) is 0 Å². The normalized spacial score (nSPS) is 14.5. The Hall–Kier alpha value is -0.130. The zero-order valence-corrected chi connectivity index (χ0v) is 18.1. The minimum absolute atomic E-state index is 0.154. The second-order valence-corrected chi connectivity index (χ2v) is 9.50. The van der Waals surface area contributed by atoms with Gasteiger partial charge in [-0.25, -0.2) is 0 Å². The maximum absolute atomic E-state index is 11.1. The molecule has 0 spiro atoms. The molecule has 0 amide bonds. The van der Waals surface area contributed by atoms with E-state index in [1.807, 2.05) is 0 Å². The van der Waals surface area contributed by atoms with E-state index in [4.69, 9.17) is 4.55 Å². The van der Waals surface area contributed by atoms with Gasteiger partial charge in [0.2, 0.25) is 0 Å². The van der Waals surface area contributed by atoms with Crippen molar-refractivity contribution in [3.05, 3.63) is 0 Å². The van der Waals surface area contributed by atoms with E-state index in [1.165, 1.54) is 44.9 Å². The molecule has 4 nitrogen and oxygen atoms in total. The maximum atomic E-state index is 11.1. The fraction of sp³-hybridized carbons (Fsp3) is 1.00. The number of hydrogen-bond donors (Lipinski definition) is 2. The van der Waals surface area contributed by atoms with Gasteiger partial charge in [0.1, 0.15) is 0 Å². The first-order valence-corrected chi connectivity index (χ1v) is 12.6. The molecular weight excluding hydrogens is 348 g/mol. The van der Waals surface area contributed by atoms with Crippen molar-refractivity contribution in [3.8, 4) is 0 Å². The van der Waals surface area contributed by atoms with Gasteiger partial charge >= 0.3 is 0 Å². The molecule has 26 heavy (non-hydrogen) atoms. The lowest BCUT2D eigenvalue weighted by Crippen LogP contribution is -2.19. The predicted octanol–water partition coefficient (Wildman–Crippen LogP) is 6.28. The Labute approximate surface area is 162 Å². The van der Waals surface area contributed by atoms with Gasteiger partial charge in [0.15, 0.2) is 0 Å². The second kappa shape index (κ2) is 17.0.